The standard InChI is InChI=1S/C17H14N4O/c1-10-14(9-22)5-4-13-7-18-17(20-16(10)13)11-2-3-12-8-19-21-15(12)6-11/h2-8,22H,9H2,1H3,(H,19,21). The number of fused-ring (bicyclic) bond motifs is 2. The summed E-state index contributed by atoms with van der Waals surface area (Å²) in [5.41, 5.74) is 4.66. The number of benzene rings is 2. The number of H-pyrrole nitrogens is 1. The third-order valence-corrected chi connectivity index (χ3v) is 3.99. The van der Waals surface area contributed by atoms with Gasteiger partial charge in [0.15, 0.2) is 5.82 Å². The Hall–Kier alpha value is -2.79. The molecule has 0 saturated carbocycles. The molecular weight excluding hydrogens is 276 g/mol. The Kier molecular flexibility index (Phi) is 2.87. The maximum absolute atomic E-state index is 9.40. The number of aromatic nitrogens is 4. The van der Waals surface area contributed by atoms with Crippen LogP contribution in [0.5, 0.6) is 0 Å². The molecule has 0 bridgehead atoms. The van der Waals surface area contributed by atoms with E-state index in [0.717, 1.165) is 38.5 Å². The van der Waals surface area contributed by atoms with Gasteiger partial charge in [0.25, 0.3) is 0 Å². The van der Waals surface area contributed by atoms with Gasteiger partial charge < -0.3 is 5.11 Å². The summed E-state index contributed by atoms with van der Waals surface area (Å²) in [4.78, 5) is 9.15. The van der Waals surface area contributed by atoms with E-state index in [4.69, 9.17) is 0 Å². The Morgan fingerprint density at radius 1 is 1.09 bits per heavy atom. The van der Waals surface area contributed by atoms with Crippen molar-refractivity contribution >= 4 is 21.8 Å². The van der Waals surface area contributed by atoms with Gasteiger partial charge in [-0.3, -0.25) is 5.10 Å². The predicted molar refractivity (Wildman–Crippen MR) is 85.3 cm³/mol. The van der Waals surface area contributed by atoms with Gasteiger partial charge in [-0.15, -0.1) is 0 Å². The van der Waals surface area contributed by atoms with Crippen LogP contribution in [0.25, 0.3) is 33.2 Å². The molecule has 2 aromatic carbocycles. The van der Waals surface area contributed by atoms with Gasteiger partial charge in [-0.2, -0.15) is 5.10 Å². The lowest BCUT2D eigenvalue weighted by atomic mass is 10.1. The van der Waals surface area contributed by atoms with Crippen LogP contribution in [0, 0.1) is 6.92 Å². The summed E-state index contributed by atoms with van der Waals surface area (Å²) in [6, 6.07) is 9.84. The van der Waals surface area contributed by atoms with Crippen molar-refractivity contribution in [3.05, 3.63) is 53.9 Å². The first kappa shape index (κ1) is 12.9. The molecule has 0 amide bonds. The van der Waals surface area contributed by atoms with Crippen LogP contribution < -0.4 is 0 Å². The fourth-order valence-corrected chi connectivity index (χ4v) is 2.67. The first-order valence-electron chi connectivity index (χ1n) is 7.06. The second-order valence-corrected chi connectivity index (χ2v) is 5.31. The minimum atomic E-state index is 0.0151. The number of aliphatic hydroxyl groups is 1. The fraction of sp³-hybridized carbons (Fsp3) is 0.118. The summed E-state index contributed by atoms with van der Waals surface area (Å²) in [5.74, 6) is 0.669. The number of aryl methyl sites for hydroxylation is 1. The Labute approximate surface area is 126 Å². The average molecular weight is 290 g/mol. The molecule has 0 aliphatic heterocycles. The second kappa shape index (κ2) is 4.89. The number of aromatic amines is 1. The molecule has 4 aromatic rings. The molecule has 4 rings (SSSR count). The van der Waals surface area contributed by atoms with E-state index in [-0.39, 0.29) is 6.61 Å². The van der Waals surface area contributed by atoms with Gasteiger partial charge in [0, 0.05) is 22.5 Å². The van der Waals surface area contributed by atoms with E-state index in [1.807, 2.05) is 43.5 Å². The lowest BCUT2D eigenvalue weighted by Crippen LogP contribution is -1.95. The van der Waals surface area contributed by atoms with Gasteiger partial charge >= 0.3 is 0 Å². The van der Waals surface area contributed by atoms with Gasteiger partial charge in [0.05, 0.1) is 23.8 Å². The molecule has 0 unspecified atom stereocenters. The van der Waals surface area contributed by atoms with E-state index in [2.05, 4.69) is 20.2 Å². The number of nitrogens with one attached hydrogen (secondary N) is 1. The van der Waals surface area contributed by atoms with Crippen LogP contribution in [0.15, 0.2) is 42.7 Å². The zero-order chi connectivity index (χ0) is 15.1. The molecule has 0 aliphatic rings. The van der Waals surface area contributed by atoms with E-state index in [0.29, 0.717) is 5.82 Å². The van der Waals surface area contributed by atoms with Gasteiger partial charge in [0.1, 0.15) is 0 Å². The molecule has 0 fully saturated rings. The van der Waals surface area contributed by atoms with Crippen molar-refractivity contribution in [3.8, 4) is 11.4 Å². The molecule has 2 N–H and O–H groups in total. The lowest BCUT2D eigenvalue weighted by molar-refractivity contribution is 0.281. The van der Waals surface area contributed by atoms with Crippen molar-refractivity contribution in [2.45, 2.75) is 13.5 Å². The third kappa shape index (κ3) is 1.95. The van der Waals surface area contributed by atoms with Crippen LogP contribution in [0.4, 0.5) is 0 Å². The van der Waals surface area contributed by atoms with E-state index < -0.39 is 0 Å². The molecule has 0 aliphatic carbocycles. The molecule has 22 heavy (non-hydrogen) atoms. The molecule has 0 radical (unpaired) electrons. The maximum Gasteiger partial charge on any atom is 0.159 e. The molecule has 2 aromatic heterocycles. The molecule has 0 saturated heterocycles. The third-order valence-electron chi connectivity index (χ3n) is 3.99. The minimum Gasteiger partial charge on any atom is -0.392 e. The molecule has 0 atom stereocenters. The largest absolute Gasteiger partial charge is 0.392 e. The van der Waals surface area contributed by atoms with Gasteiger partial charge in [0.2, 0.25) is 0 Å². The van der Waals surface area contributed by atoms with Crippen LogP contribution in [0.1, 0.15) is 11.1 Å². The fourth-order valence-electron chi connectivity index (χ4n) is 2.67. The van der Waals surface area contributed by atoms with Crippen molar-refractivity contribution < 1.29 is 5.11 Å². The first-order valence-corrected chi connectivity index (χ1v) is 7.06. The van der Waals surface area contributed by atoms with E-state index in [1.54, 1.807) is 6.20 Å². The number of hydrogen-bond acceptors (Lipinski definition) is 4. The van der Waals surface area contributed by atoms with Crippen molar-refractivity contribution in [1.29, 1.82) is 0 Å². The van der Waals surface area contributed by atoms with Crippen LogP contribution in [0.2, 0.25) is 0 Å². The van der Waals surface area contributed by atoms with Crippen LogP contribution in [0.3, 0.4) is 0 Å². The Bertz CT molecular complexity index is 990. The Morgan fingerprint density at radius 3 is 2.82 bits per heavy atom. The van der Waals surface area contributed by atoms with Crippen LogP contribution in [-0.2, 0) is 6.61 Å². The lowest BCUT2D eigenvalue weighted by Gasteiger charge is -2.08. The highest BCUT2D eigenvalue weighted by Gasteiger charge is 2.09. The molecule has 108 valence electrons. The normalized spacial score (nSPS) is 11.4. The summed E-state index contributed by atoms with van der Waals surface area (Å²) in [5, 5.41) is 18.4. The molecular formula is C17H14N4O. The summed E-state index contributed by atoms with van der Waals surface area (Å²) in [7, 11) is 0. The quantitative estimate of drug-likeness (QED) is 0.595. The number of aliphatic hydroxyl groups excluding tert-OH is 1. The van der Waals surface area contributed by atoms with E-state index in [1.165, 1.54) is 0 Å². The minimum absolute atomic E-state index is 0.0151. The number of rotatable bonds is 2. The molecule has 5 heteroatoms. The highest BCUT2D eigenvalue weighted by atomic mass is 16.3. The van der Waals surface area contributed by atoms with Gasteiger partial charge in [-0.05, 0) is 24.1 Å². The summed E-state index contributed by atoms with van der Waals surface area (Å²) < 4.78 is 0. The second-order valence-electron chi connectivity index (χ2n) is 5.31. The molecule has 2 heterocycles. The van der Waals surface area contributed by atoms with Gasteiger partial charge in [-0.25, -0.2) is 9.97 Å². The van der Waals surface area contributed by atoms with E-state index >= 15 is 0 Å². The summed E-state index contributed by atoms with van der Waals surface area (Å²) in [6.45, 7) is 1.99. The molecule has 5 nitrogen and oxygen atoms in total. The van der Waals surface area contributed by atoms with Crippen molar-refractivity contribution in [3.63, 3.8) is 0 Å². The Balaban J connectivity index is 1.92. The smallest absolute Gasteiger partial charge is 0.159 e. The first-order chi connectivity index (χ1) is 10.8. The average Bonchev–Trinajstić information content (AvgIpc) is 3.02. The SMILES string of the molecule is Cc1c(CO)ccc2cnc(-c3ccc4cn[nH]c4c3)nc12. The zero-order valence-corrected chi connectivity index (χ0v) is 12.0. The zero-order valence-electron chi connectivity index (χ0n) is 12.0. The van der Waals surface area contributed by atoms with Crippen LogP contribution in [-0.4, -0.2) is 25.3 Å². The monoisotopic (exact) mass is 290 g/mol. The highest BCUT2D eigenvalue weighted by Crippen LogP contribution is 2.24. The maximum atomic E-state index is 9.40. The number of nitrogens with zero attached hydrogens (tertiary/aromatic N) is 3. The Morgan fingerprint density at radius 2 is 1.95 bits per heavy atom. The van der Waals surface area contributed by atoms with Crippen LogP contribution >= 0.6 is 0 Å². The predicted octanol–water partition coefficient (Wildman–Crippen LogP) is 2.97. The van der Waals surface area contributed by atoms with Gasteiger partial charge in [-0.1, -0.05) is 24.3 Å². The summed E-state index contributed by atoms with van der Waals surface area (Å²) >= 11 is 0. The van der Waals surface area contributed by atoms with E-state index in [9.17, 15) is 5.11 Å². The van der Waals surface area contributed by atoms with Crippen molar-refractivity contribution in [2.75, 3.05) is 0 Å². The topological polar surface area (TPSA) is 74.7 Å². The number of hydrogen-bond donors (Lipinski definition) is 2. The summed E-state index contributed by atoms with van der Waals surface area (Å²) in [6.07, 6.45) is 3.61. The molecule has 0 spiro atoms. The van der Waals surface area contributed by atoms with Crippen molar-refractivity contribution in [2.24, 2.45) is 0 Å². The van der Waals surface area contributed by atoms with Crippen molar-refractivity contribution in [1.82, 2.24) is 20.2 Å². The highest BCUT2D eigenvalue weighted by molar-refractivity contribution is 5.86.